The SMILES string of the molecule is O=C(Cc1ccc(Oc2ccc(OCCc3ccccc3)cc2)nc1)Nc1ccccc1C(=O)O. The van der Waals surface area contributed by atoms with Crippen LogP contribution in [0.15, 0.2) is 97.2 Å². The summed E-state index contributed by atoms with van der Waals surface area (Å²) in [5.74, 6) is 0.326. The van der Waals surface area contributed by atoms with Gasteiger partial charge in [-0.1, -0.05) is 48.5 Å². The minimum Gasteiger partial charge on any atom is -0.493 e. The number of carbonyl (C=O) groups excluding carboxylic acids is 1. The minimum atomic E-state index is -1.10. The van der Waals surface area contributed by atoms with Crippen LogP contribution in [0.25, 0.3) is 0 Å². The summed E-state index contributed by atoms with van der Waals surface area (Å²) in [4.78, 5) is 27.9. The fourth-order valence-electron chi connectivity index (χ4n) is 3.39. The summed E-state index contributed by atoms with van der Waals surface area (Å²) in [5, 5.41) is 11.9. The number of aromatic nitrogens is 1. The van der Waals surface area contributed by atoms with Crippen molar-refractivity contribution in [3.8, 4) is 17.4 Å². The van der Waals surface area contributed by atoms with Crippen LogP contribution in [0.2, 0.25) is 0 Å². The molecule has 176 valence electrons. The van der Waals surface area contributed by atoms with Gasteiger partial charge >= 0.3 is 5.97 Å². The summed E-state index contributed by atoms with van der Waals surface area (Å²) >= 11 is 0. The number of carboxylic acid groups (broad SMARTS) is 1. The third-order valence-electron chi connectivity index (χ3n) is 5.14. The van der Waals surface area contributed by atoms with E-state index in [0.717, 1.165) is 12.2 Å². The van der Waals surface area contributed by atoms with Crippen LogP contribution in [0, 0.1) is 0 Å². The fraction of sp³-hybridized carbons (Fsp3) is 0.107. The molecule has 2 N–H and O–H groups in total. The zero-order valence-electron chi connectivity index (χ0n) is 18.9. The number of amides is 1. The summed E-state index contributed by atoms with van der Waals surface area (Å²) in [6.45, 7) is 0.586. The molecule has 3 aromatic carbocycles. The second-order valence-corrected chi connectivity index (χ2v) is 7.74. The molecule has 4 aromatic rings. The molecule has 4 rings (SSSR count). The molecule has 0 saturated carbocycles. The number of nitrogens with one attached hydrogen (secondary N) is 1. The highest BCUT2D eigenvalue weighted by molar-refractivity contribution is 6.00. The minimum absolute atomic E-state index is 0.0373. The Hall–Kier alpha value is -4.65. The molecule has 0 bridgehead atoms. The highest BCUT2D eigenvalue weighted by Gasteiger charge is 2.12. The molecule has 0 fully saturated rings. The Morgan fingerprint density at radius 1 is 0.800 bits per heavy atom. The first-order chi connectivity index (χ1) is 17.1. The lowest BCUT2D eigenvalue weighted by atomic mass is 10.1. The van der Waals surface area contributed by atoms with E-state index in [-0.39, 0.29) is 23.6 Å². The molecule has 0 aliphatic carbocycles. The van der Waals surface area contributed by atoms with Crippen LogP contribution < -0.4 is 14.8 Å². The molecule has 0 radical (unpaired) electrons. The number of carbonyl (C=O) groups is 2. The molecule has 1 heterocycles. The number of hydrogen-bond acceptors (Lipinski definition) is 5. The van der Waals surface area contributed by atoms with Gasteiger partial charge in [-0.05, 0) is 47.5 Å². The number of anilines is 1. The van der Waals surface area contributed by atoms with Crippen molar-refractivity contribution in [1.29, 1.82) is 0 Å². The average molecular weight is 469 g/mol. The van der Waals surface area contributed by atoms with Crippen LogP contribution in [0.4, 0.5) is 5.69 Å². The van der Waals surface area contributed by atoms with Crippen LogP contribution >= 0.6 is 0 Å². The van der Waals surface area contributed by atoms with E-state index in [1.165, 1.54) is 11.6 Å². The second kappa shape index (κ2) is 11.5. The first-order valence-corrected chi connectivity index (χ1v) is 11.1. The predicted octanol–water partition coefficient (Wildman–Crippen LogP) is 5.37. The summed E-state index contributed by atoms with van der Waals surface area (Å²) < 4.78 is 11.6. The van der Waals surface area contributed by atoms with E-state index >= 15 is 0 Å². The standard InChI is InChI=1S/C28H24N2O5/c31-26(30-25-9-5-4-8-24(25)28(32)33)18-21-10-15-27(29-19-21)35-23-13-11-22(12-14-23)34-17-16-20-6-2-1-3-7-20/h1-15,19H,16-18H2,(H,30,31)(H,32,33). The molecule has 0 unspecified atom stereocenters. The molecule has 1 aromatic heterocycles. The molecule has 7 heteroatoms. The van der Waals surface area contributed by atoms with E-state index < -0.39 is 5.97 Å². The maximum absolute atomic E-state index is 12.3. The molecule has 0 atom stereocenters. The Morgan fingerprint density at radius 2 is 1.51 bits per heavy atom. The lowest BCUT2D eigenvalue weighted by molar-refractivity contribution is -0.115. The van der Waals surface area contributed by atoms with Gasteiger partial charge in [0.2, 0.25) is 11.8 Å². The topological polar surface area (TPSA) is 97.8 Å². The number of ether oxygens (including phenoxy) is 2. The largest absolute Gasteiger partial charge is 0.493 e. The van der Waals surface area contributed by atoms with Crippen LogP contribution in [0.5, 0.6) is 17.4 Å². The Kier molecular flexibility index (Phi) is 7.70. The average Bonchev–Trinajstić information content (AvgIpc) is 2.87. The number of nitrogens with zero attached hydrogens (tertiary/aromatic N) is 1. The number of hydrogen-bond donors (Lipinski definition) is 2. The van der Waals surface area contributed by atoms with Gasteiger partial charge in [-0.3, -0.25) is 4.79 Å². The lowest BCUT2D eigenvalue weighted by Crippen LogP contribution is -2.16. The van der Waals surface area contributed by atoms with Crippen molar-refractivity contribution < 1.29 is 24.2 Å². The Labute approximate surface area is 203 Å². The van der Waals surface area contributed by atoms with Gasteiger partial charge in [0.05, 0.1) is 24.3 Å². The van der Waals surface area contributed by atoms with Crippen molar-refractivity contribution in [1.82, 2.24) is 4.98 Å². The van der Waals surface area contributed by atoms with E-state index in [1.54, 1.807) is 48.7 Å². The van der Waals surface area contributed by atoms with Gasteiger partial charge in [0.1, 0.15) is 11.5 Å². The first-order valence-electron chi connectivity index (χ1n) is 11.1. The fourth-order valence-corrected chi connectivity index (χ4v) is 3.39. The monoisotopic (exact) mass is 468 g/mol. The molecule has 7 nitrogen and oxygen atoms in total. The van der Waals surface area contributed by atoms with Gasteiger partial charge in [0, 0.05) is 18.7 Å². The number of aromatic carboxylic acids is 1. The maximum Gasteiger partial charge on any atom is 0.337 e. The maximum atomic E-state index is 12.3. The lowest BCUT2D eigenvalue weighted by Gasteiger charge is -2.09. The zero-order valence-corrected chi connectivity index (χ0v) is 18.9. The Bertz CT molecular complexity index is 1270. The molecule has 0 aliphatic heterocycles. The van der Waals surface area contributed by atoms with Gasteiger partial charge in [-0.15, -0.1) is 0 Å². The highest BCUT2D eigenvalue weighted by atomic mass is 16.5. The van der Waals surface area contributed by atoms with E-state index in [2.05, 4.69) is 22.4 Å². The normalized spacial score (nSPS) is 10.4. The van der Waals surface area contributed by atoms with Gasteiger partial charge in [0.15, 0.2) is 0 Å². The van der Waals surface area contributed by atoms with Crippen LogP contribution in [0.1, 0.15) is 21.5 Å². The number of pyridine rings is 1. The molecule has 0 aliphatic rings. The van der Waals surface area contributed by atoms with E-state index in [4.69, 9.17) is 9.47 Å². The van der Waals surface area contributed by atoms with Gasteiger partial charge < -0.3 is 19.9 Å². The number of para-hydroxylation sites is 1. The van der Waals surface area contributed by atoms with Gasteiger partial charge in [-0.25, -0.2) is 9.78 Å². The first kappa shape index (κ1) is 23.5. The number of benzene rings is 3. The van der Waals surface area contributed by atoms with Crippen LogP contribution in [-0.4, -0.2) is 28.6 Å². The zero-order chi connectivity index (χ0) is 24.5. The molecule has 35 heavy (non-hydrogen) atoms. The van der Waals surface area contributed by atoms with E-state index in [0.29, 0.717) is 23.8 Å². The van der Waals surface area contributed by atoms with Gasteiger partial charge in [0.25, 0.3) is 0 Å². The van der Waals surface area contributed by atoms with Crippen molar-refractivity contribution in [2.24, 2.45) is 0 Å². The molecule has 1 amide bonds. The molecular weight excluding hydrogens is 444 g/mol. The molecule has 0 saturated heterocycles. The van der Waals surface area contributed by atoms with E-state index in [9.17, 15) is 14.7 Å². The number of rotatable bonds is 10. The predicted molar refractivity (Wildman–Crippen MR) is 132 cm³/mol. The summed E-state index contributed by atoms with van der Waals surface area (Å²) in [5.41, 5.74) is 2.19. The summed E-state index contributed by atoms with van der Waals surface area (Å²) in [7, 11) is 0. The van der Waals surface area contributed by atoms with Crippen molar-refractivity contribution in [3.63, 3.8) is 0 Å². The molecule has 0 spiro atoms. The number of carboxylic acids is 1. The van der Waals surface area contributed by atoms with Crippen molar-refractivity contribution >= 4 is 17.6 Å². The van der Waals surface area contributed by atoms with Crippen LogP contribution in [0.3, 0.4) is 0 Å². The summed E-state index contributed by atoms with van der Waals surface area (Å²) in [6, 6.07) is 27.1. The Balaban J connectivity index is 1.26. The summed E-state index contributed by atoms with van der Waals surface area (Å²) in [6.07, 6.45) is 2.44. The smallest absolute Gasteiger partial charge is 0.337 e. The Morgan fingerprint density at radius 3 is 2.23 bits per heavy atom. The highest BCUT2D eigenvalue weighted by Crippen LogP contribution is 2.23. The van der Waals surface area contributed by atoms with Crippen molar-refractivity contribution in [2.75, 3.05) is 11.9 Å². The second-order valence-electron chi connectivity index (χ2n) is 7.74. The van der Waals surface area contributed by atoms with Crippen molar-refractivity contribution in [3.05, 3.63) is 114 Å². The van der Waals surface area contributed by atoms with Crippen LogP contribution in [-0.2, 0) is 17.6 Å². The van der Waals surface area contributed by atoms with Crippen molar-refractivity contribution in [2.45, 2.75) is 12.8 Å². The van der Waals surface area contributed by atoms with E-state index in [1.807, 2.05) is 30.3 Å². The third-order valence-corrected chi connectivity index (χ3v) is 5.14. The quantitative estimate of drug-likeness (QED) is 0.325. The third kappa shape index (κ3) is 6.91. The van der Waals surface area contributed by atoms with Gasteiger partial charge in [-0.2, -0.15) is 0 Å². The molecular formula is C28H24N2O5.